The molecular formula is C23H26N2O5. The van der Waals surface area contributed by atoms with Crippen molar-refractivity contribution in [2.24, 2.45) is 0 Å². The molecule has 0 spiro atoms. The van der Waals surface area contributed by atoms with Crippen LogP contribution in [0, 0.1) is 0 Å². The van der Waals surface area contributed by atoms with E-state index in [1.165, 1.54) is 7.11 Å². The molecule has 2 amide bonds. The van der Waals surface area contributed by atoms with Gasteiger partial charge in [0.15, 0.2) is 0 Å². The molecule has 1 heterocycles. The molecule has 0 unspecified atom stereocenters. The summed E-state index contributed by atoms with van der Waals surface area (Å²) in [6.45, 7) is 3.32. The van der Waals surface area contributed by atoms with E-state index >= 15 is 0 Å². The Kier molecular flexibility index (Phi) is 7.06. The van der Waals surface area contributed by atoms with Gasteiger partial charge in [-0.05, 0) is 61.6 Å². The molecule has 3 rings (SSSR count). The molecule has 1 fully saturated rings. The van der Waals surface area contributed by atoms with Gasteiger partial charge in [-0.2, -0.15) is 0 Å². The van der Waals surface area contributed by atoms with Crippen LogP contribution >= 0.6 is 0 Å². The second-order valence-electron chi connectivity index (χ2n) is 7.11. The third-order valence-corrected chi connectivity index (χ3v) is 5.21. The lowest BCUT2D eigenvalue weighted by molar-refractivity contribution is 0.0525. The number of anilines is 1. The van der Waals surface area contributed by atoms with Crippen LogP contribution in [0.5, 0.6) is 0 Å². The van der Waals surface area contributed by atoms with Crippen molar-refractivity contribution in [2.75, 3.05) is 32.1 Å². The zero-order chi connectivity index (χ0) is 21.5. The normalized spacial score (nSPS) is 14.1. The van der Waals surface area contributed by atoms with Crippen molar-refractivity contribution >= 4 is 23.7 Å². The van der Waals surface area contributed by atoms with Crippen LogP contribution in [0.4, 0.5) is 10.5 Å². The average molecular weight is 410 g/mol. The van der Waals surface area contributed by atoms with Crippen molar-refractivity contribution in [2.45, 2.75) is 25.7 Å². The van der Waals surface area contributed by atoms with E-state index in [0.717, 1.165) is 18.4 Å². The molecule has 1 aliphatic rings. The molecule has 0 radical (unpaired) electrons. The Hall–Kier alpha value is -3.35. The van der Waals surface area contributed by atoms with E-state index in [0.29, 0.717) is 42.4 Å². The first-order valence-electron chi connectivity index (χ1n) is 10.0. The molecule has 1 saturated heterocycles. The Bertz CT molecular complexity index is 902. The number of likely N-dealkylation sites (tertiary alicyclic amines) is 1. The van der Waals surface area contributed by atoms with Gasteiger partial charge in [-0.25, -0.2) is 14.4 Å². The monoisotopic (exact) mass is 410 g/mol. The number of piperidine rings is 1. The fourth-order valence-electron chi connectivity index (χ4n) is 3.57. The Labute approximate surface area is 176 Å². The van der Waals surface area contributed by atoms with Gasteiger partial charge in [0.2, 0.25) is 0 Å². The Morgan fingerprint density at radius 2 is 1.70 bits per heavy atom. The van der Waals surface area contributed by atoms with Gasteiger partial charge < -0.3 is 19.7 Å². The highest BCUT2D eigenvalue weighted by Gasteiger charge is 2.24. The maximum atomic E-state index is 12.6. The molecule has 0 saturated carbocycles. The number of carbonyl (C=O) groups excluding carboxylic acids is 3. The maximum absolute atomic E-state index is 12.6. The summed E-state index contributed by atoms with van der Waals surface area (Å²) in [7, 11) is 1.37. The van der Waals surface area contributed by atoms with Gasteiger partial charge in [-0.3, -0.25) is 0 Å². The minimum atomic E-state index is -0.410. The number of methoxy groups -OCH3 is 1. The molecule has 0 aliphatic carbocycles. The predicted octanol–water partition coefficient (Wildman–Crippen LogP) is 4.06. The van der Waals surface area contributed by atoms with E-state index in [-0.39, 0.29) is 12.0 Å². The summed E-state index contributed by atoms with van der Waals surface area (Å²) in [5.41, 5.74) is 2.66. The molecule has 1 aliphatic heterocycles. The topological polar surface area (TPSA) is 84.9 Å². The van der Waals surface area contributed by atoms with Crippen molar-refractivity contribution in [3.05, 3.63) is 65.2 Å². The number of nitrogens with one attached hydrogen (secondary N) is 1. The van der Waals surface area contributed by atoms with Crippen molar-refractivity contribution < 1.29 is 23.9 Å². The number of amides is 2. The molecule has 7 heteroatoms. The molecule has 0 aromatic heterocycles. The number of hydrogen-bond donors (Lipinski definition) is 1. The fraction of sp³-hybridized carbons (Fsp3) is 0.348. The Morgan fingerprint density at radius 1 is 1.00 bits per heavy atom. The number of esters is 2. The standard InChI is InChI=1S/C23H26N2O5/c1-3-30-22(27)19-5-4-6-20(15-19)24-23(28)25-13-11-17(12-14-25)16-7-9-18(10-8-16)21(26)29-2/h4-10,15,17H,3,11-14H2,1-2H3,(H,24,28). The first-order chi connectivity index (χ1) is 14.5. The van der Waals surface area contributed by atoms with Gasteiger partial charge in [-0.1, -0.05) is 18.2 Å². The van der Waals surface area contributed by atoms with Crippen molar-refractivity contribution in [3.63, 3.8) is 0 Å². The summed E-state index contributed by atoms with van der Waals surface area (Å²) >= 11 is 0. The van der Waals surface area contributed by atoms with E-state index in [1.807, 2.05) is 12.1 Å². The minimum Gasteiger partial charge on any atom is -0.465 e. The highest BCUT2D eigenvalue weighted by Crippen LogP contribution is 2.28. The number of ether oxygens (including phenoxy) is 2. The van der Waals surface area contributed by atoms with E-state index in [1.54, 1.807) is 48.2 Å². The molecule has 30 heavy (non-hydrogen) atoms. The highest BCUT2D eigenvalue weighted by atomic mass is 16.5. The van der Waals surface area contributed by atoms with Gasteiger partial charge in [-0.15, -0.1) is 0 Å². The highest BCUT2D eigenvalue weighted by molar-refractivity contribution is 5.94. The van der Waals surface area contributed by atoms with Crippen LogP contribution in [0.15, 0.2) is 48.5 Å². The molecule has 158 valence electrons. The smallest absolute Gasteiger partial charge is 0.338 e. The van der Waals surface area contributed by atoms with Crippen molar-refractivity contribution in [3.8, 4) is 0 Å². The quantitative estimate of drug-likeness (QED) is 0.752. The van der Waals surface area contributed by atoms with Crippen molar-refractivity contribution in [1.82, 2.24) is 4.90 Å². The van der Waals surface area contributed by atoms with E-state index in [2.05, 4.69) is 5.32 Å². The average Bonchev–Trinajstić information content (AvgIpc) is 2.79. The number of urea groups is 1. The largest absolute Gasteiger partial charge is 0.465 e. The number of carbonyl (C=O) groups is 3. The number of rotatable bonds is 5. The molecule has 0 atom stereocenters. The Balaban J connectivity index is 1.55. The summed E-state index contributed by atoms with van der Waals surface area (Å²) in [6.07, 6.45) is 1.68. The van der Waals surface area contributed by atoms with E-state index in [9.17, 15) is 14.4 Å². The summed E-state index contributed by atoms with van der Waals surface area (Å²) in [6, 6.07) is 14.0. The Morgan fingerprint density at radius 3 is 2.33 bits per heavy atom. The summed E-state index contributed by atoms with van der Waals surface area (Å²) < 4.78 is 9.72. The third kappa shape index (κ3) is 5.17. The molecule has 2 aromatic rings. The van der Waals surface area contributed by atoms with Crippen LogP contribution in [0.1, 0.15) is 52.0 Å². The van der Waals surface area contributed by atoms with Crippen LogP contribution in [0.2, 0.25) is 0 Å². The van der Waals surface area contributed by atoms with Gasteiger partial charge in [0, 0.05) is 18.8 Å². The maximum Gasteiger partial charge on any atom is 0.338 e. The summed E-state index contributed by atoms with van der Waals surface area (Å²) in [5, 5.41) is 2.86. The zero-order valence-electron chi connectivity index (χ0n) is 17.2. The second-order valence-corrected chi connectivity index (χ2v) is 7.11. The fourth-order valence-corrected chi connectivity index (χ4v) is 3.57. The number of benzene rings is 2. The minimum absolute atomic E-state index is 0.185. The van der Waals surface area contributed by atoms with Gasteiger partial charge in [0.05, 0.1) is 24.8 Å². The molecule has 1 N–H and O–H groups in total. The molecular weight excluding hydrogens is 384 g/mol. The SMILES string of the molecule is CCOC(=O)c1cccc(NC(=O)N2CCC(c3ccc(C(=O)OC)cc3)CC2)c1. The third-order valence-electron chi connectivity index (χ3n) is 5.21. The lowest BCUT2D eigenvalue weighted by Crippen LogP contribution is -2.40. The van der Waals surface area contributed by atoms with Crippen molar-refractivity contribution in [1.29, 1.82) is 0 Å². The predicted molar refractivity (Wildman–Crippen MR) is 113 cm³/mol. The number of hydrogen-bond acceptors (Lipinski definition) is 5. The second kappa shape index (κ2) is 9.91. The van der Waals surface area contributed by atoms with E-state index < -0.39 is 5.97 Å². The van der Waals surface area contributed by atoms with Crippen LogP contribution in [-0.2, 0) is 9.47 Å². The molecule has 7 nitrogen and oxygen atoms in total. The first kappa shape index (κ1) is 21.4. The summed E-state index contributed by atoms with van der Waals surface area (Å²) in [5.74, 6) is -0.416. The van der Waals surface area contributed by atoms with Crippen LogP contribution in [0.25, 0.3) is 0 Å². The van der Waals surface area contributed by atoms with Crippen LogP contribution < -0.4 is 5.32 Å². The van der Waals surface area contributed by atoms with E-state index in [4.69, 9.17) is 9.47 Å². The van der Waals surface area contributed by atoms with Crippen LogP contribution in [-0.4, -0.2) is 49.7 Å². The first-order valence-corrected chi connectivity index (χ1v) is 10.0. The molecule has 0 bridgehead atoms. The molecule has 2 aromatic carbocycles. The summed E-state index contributed by atoms with van der Waals surface area (Å²) in [4.78, 5) is 37.8. The van der Waals surface area contributed by atoms with Gasteiger partial charge in [0.25, 0.3) is 0 Å². The number of nitrogens with zero attached hydrogens (tertiary/aromatic N) is 1. The zero-order valence-corrected chi connectivity index (χ0v) is 17.2. The van der Waals surface area contributed by atoms with Gasteiger partial charge >= 0.3 is 18.0 Å². The lowest BCUT2D eigenvalue weighted by atomic mass is 9.89. The van der Waals surface area contributed by atoms with Gasteiger partial charge in [0.1, 0.15) is 0 Å². The lowest BCUT2D eigenvalue weighted by Gasteiger charge is -2.32. The van der Waals surface area contributed by atoms with Crippen LogP contribution in [0.3, 0.4) is 0 Å².